The molecule has 0 bridgehead atoms. The molecule has 92 valence electrons. The third-order valence-corrected chi connectivity index (χ3v) is 3.04. The highest BCUT2D eigenvalue weighted by Crippen LogP contribution is 2.35. The lowest BCUT2D eigenvalue weighted by Gasteiger charge is -2.41. The van der Waals surface area contributed by atoms with Crippen molar-refractivity contribution in [3.05, 3.63) is 17.5 Å². The third kappa shape index (κ3) is 2.46. The molecule has 6 heteroatoms. The highest BCUT2D eigenvalue weighted by atomic mass is 16.5. The fourth-order valence-electron chi connectivity index (χ4n) is 2.02. The van der Waals surface area contributed by atoms with Crippen LogP contribution in [-0.2, 0) is 4.79 Å². The van der Waals surface area contributed by atoms with Crippen molar-refractivity contribution in [1.29, 1.82) is 0 Å². The highest BCUT2D eigenvalue weighted by Gasteiger charge is 2.40. The molecule has 1 aromatic rings. The van der Waals surface area contributed by atoms with Crippen LogP contribution in [0.3, 0.4) is 0 Å². The molecule has 1 saturated carbocycles. The zero-order valence-corrected chi connectivity index (χ0v) is 9.52. The minimum atomic E-state index is -0.902. The number of nitrogens with zero attached hydrogens (tertiary/aromatic N) is 1. The zero-order chi connectivity index (χ0) is 12.5. The second kappa shape index (κ2) is 4.20. The summed E-state index contributed by atoms with van der Waals surface area (Å²) >= 11 is 0. The van der Waals surface area contributed by atoms with Crippen LogP contribution in [0, 0.1) is 6.92 Å². The maximum atomic E-state index is 11.8. The molecule has 2 rings (SSSR count). The summed E-state index contributed by atoms with van der Waals surface area (Å²) in [5, 5.41) is 15.2. The van der Waals surface area contributed by atoms with Gasteiger partial charge in [-0.3, -0.25) is 9.59 Å². The van der Waals surface area contributed by atoms with Gasteiger partial charge >= 0.3 is 5.97 Å². The fourth-order valence-corrected chi connectivity index (χ4v) is 2.02. The average Bonchev–Trinajstić information content (AvgIpc) is 2.60. The average molecular weight is 238 g/mol. The van der Waals surface area contributed by atoms with Crippen molar-refractivity contribution in [2.75, 3.05) is 0 Å². The van der Waals surface area contributed by atoms with Gasteiger partial charge in [0.1, 0.15) is 5.76 Å². The van der Waals surface area contributed by atoms with Crippen LogP contribution in [0.1, 0.15) is 41.9 Å². The molecule has 1 aliphatic carbocycles. The summed E-state index contributed by atoms with van der Waals surface area (Å²) in [6.45, 7) is 1.69. The third-order valence-electron chi connectivity index (χ3n) is 3.04. The molecule has 0 spiro atoms. The number of rotatable bonds is 4. The molecule has 6 nitrogen and oxygen atoms in total. The van der Waals surface area contributed by atoms with Gasteiger partial charge in [0.25, 0.3) is 5.91 Å². The fraction of sp³-hybridized carbons (Fsp3) is 0.545. The summed E-state index contributed by atoms with van der Waals surface area (Å²) in [5.74, 6) is -0.722. The van der Waals surface area contributed by atoms with E-state index in [1.54, 1.807) is 6.92 Å². The van der Waals surface area contributed by atoms with Gasteiger partial charge in [-0.05, 0) is 26.2 Å². The van der Waals surface area contributed by atoms with Crippen molar-refractivity contribution >= 4 is 11.9 Å². The Morgan fingerprint density at radius 2 is 2.29 bits per heavy atom. The van der Waals surface area contributed by atoms with Gasteiger partial charge in [0.05, 0.1) is 12.0 Å². The summed E-state index contributed by atoms with van der Waals surface area (Å²) in [4.78, 5) is 22.6. The first kappa shape index (κ1) is 11.6. The molecule has 1 amide bonds. The molecule has 1 aromatic heterocycles. The Morgan fingerprint density at radius 1 is 1.59 bits per heavy atom. The van der Waals surface area contributed by atoms with Crippen LogP contribution in [0.4, 0.5) is 0 Å². The SMILES string of the molecule is Cc1cc(C(=O)NC2(CC(=O)O)CCC2)no1. The zero-order valence-electron chi connectivity index (χ0n) is 9.52. The Balaban J connectivity index is 2.04. The van der Waals surface area contributed by atoms with E-state index < -0.39 is 11.5 Å². The maximum absolute atomic E-state index is 11.8. The van der Waals surface area contributed by atoms with Crippen LogP contribution in [0.2, 0.25) is 0 Å². The predicted molar refractivity (Wildman–Crippen MR) is 57.5 cm³/mol. The van der Waals surface area contributed by atoms with Gasteiger partial charge < -0.3 is 14.9 Å². The largest absolute Gasteiger partial charge is 0.481 e. The number of amides is 1. The molecule has 1 fully saturated rings. The topological polar surface area (TPSA) is 92.4 Å². The van der Waals surface area contributed by atoms with Crippen molar-refractivity contribution in [2.24, 2.45) is 0 Å². The second-order valence-corrected chi connectivity index (χ2v) is 4.48. The van der Waals surface area contributed by atoms with E-state index in [2.05, 4.69) is 10.5 Å². The Bertz CT molecular complexity index is 448. The first-order valence-corrected chi connectivity index (χ1v) is 5.48. The first-order valence-electron chi connectivity index (χ1n) is 5.48. The molecule has 0 atom stereocenters. The lowest BCUT2D eigenvalue weighted by atomic mass is 9.74. The van der Waals surface area contributed by atoms with E-state index in [0.29, 0.717) is 18.6 Å². The van der Waals surface area contributed by atoms with E-state index in [9.17, 15) is 9.59 Å². The lowest BCUT2D eigenvalue weighted by molar-refractivity contribution is -0.139. The number of aromatic nitrogens is 1. The van der Waals surface area contributed by atoms with Gasteiger partial charge in [-0.1, -0.05) is 5.16 Å². The van der Waals surface area contributed by atoms with Crippen LogP contribution < -0.4 is 5.32 Å². The summed E-state index contributed by atoms with van der Waals surface area (Å²) in [5.41, 5.74) is -0.408. The van der Waals surface area contributed by atoms with E-state index >= 15 is 0 Å². The minimum Gasteiger partial charge on any atom is -0.481 e. The Morgan fingerprint density at radius 3 is 2.71 bits per heavy atom. The molecule has 0 unspecified atom stereocenters. The van der Waals surface area contributed by atoms with Crippen molar-refractivity contribution in [3.8, 4) is 0 Å². The summed E-state index contributed by atoms with van der Waals surface area (Å²) in [6, 6.07) is 1.53. The predicted octanol–water partition coefficient (Wildman–Crippen LogP) is 1.11. The minimum absolute atomic E-state index is 0.0461. The molecule has 0 aliphatic heterocycles. The molecule has 1 heterocycles. The number of nitrogens with one attached hydrogen (secondary N) is 1. The van der Waals surface area contributed by atoms with Gasteiger partial charge in [0.15, 0.2) is 5.69 Å². The first-order chi connectivity index (χ1) is 8.01. The second-order valence-electron chi connectivity index (χ2n) is 4.48. The lowest BCUT2D eigenvalue weighted by Crippen LogP contribution is -2.54. The number of carbonyl (C=O) groups is 2. The van der Waals surface area contributed by atoms with Gasteiger partial charge in [0, 0.05) is 6.07 Å². The molecule has 0 aromatic carbocycles. The molecule has 0 radical (unpaired) electrons. The number of hydrogen-bond acceptors (Lipinski definition) is 4. The van der Waals surface area contributed by atoms with Gasteiger partial charge in [-0.2, -0.15) is 0 Å². The van der Waals surface area contributed by atoms with Crippen LogP contribution in [0.5, 0.6) is 0 Å². The Hall–Kier alpha value is -1.85. The van der Waals surface area contributed by atoms with Gasteiger partial charge in [0.2, 0.25) is 0 Å². The van der Waals surface area contributed by atoms with Crippen LogP contribution >= 0.6 is 0 Å². The summed E-state index contributed by atoms with van der Waals surface area (Å²) < 4.78 is 4.81. The number of carbonyl (C=O) groups excluding carboxylic acids is 1. The number of carboxylic acids is 1. The van der Waals surface area contributed by atoms with Crippen LogP contribution in [-0.4, -0.2) is 27.7 Å². The van der Waals surface area contributed by atoms with Gasteiger partial charge in [-0.15, -0.1) is 0 Å². The van der Waals surface area contributed by atoms with E-state index in [-0.39, 0.29) is 18.0 Å². The number of carboxylic acid groups (broad SMARTS) is 1. The smallest absolute Gasteiger partial charge is 0.305 e. The van der Waals surface area contributed by atoms with Gasteiger partial charge in [-0.25, -0.2) is 0 Å². The molecule has 1 aliphatic rings. The standard InChI is InChI=1S/C11H14N2O4/c1-7-5-8(13-17-7)10(16)12-11(3-2-4-11)6-9(14)15/h5H,2-4,6H2,1H3,(H,12,16)(H,14,15). The van der Waals surface area contributed by atoms with Crippen LogP contribution in [0.25, 0.3) is 0 Å². The number of aryl methyl sites for hydroxylation is 1. The molecular formula is C11H14N2O4. The highest BCUT2D eigenvalue weighted by molar-refractivity contribution is 5.93. The summed E-state index contributed by atoms with van der Waals surface area (Å²) in [7, 11) is 0. The van der Waals surface area contributed by atoms with Crippen molar-refractivity contribution in [2.45, 2.75) is 38.1 Å². The Labute approximate surface area is 98.0 Å². The molecule has 2 N–H and O–H groups in total. The number of hydrogen-bond donors (Lipinski definition) is 2. The molecule has 0 saturated heterocycles. The van der Waals surface area contributed by atoms with E-state index in [1.165, 1.54) is 6.07 Å². The monoisotopic (exact) mass is 238 g/mol. The van der Waals surface area contributed by atoms with E-state index in [1.807, 2.05) is 0 Å². The van der Waals surface area contributed by atoms with Crippen molar-refractivity contribution < 1.29 is 19.2 Å². The maximum Gasteiger partial charge on any atom is 0.305 e. The quantitative estimate of drug-likeness (QED) is 0.819. The normalized spacial score (nSPS) is 17.2. The molecular weight excluding hydrogens is 224 g/mol. The molecule has 17 heavy (non-hydrogen) atoms. The van der Waals surface area contributed by atoms with E-state index in [0.717, 1.165) is 6.42 Å². The van der Waals surface area contributed by atoms with Crippen molar-refractivity contribution in [1.82, 2.24) is 10.5 Å². The van der Waals surface area contributed by atoms with E-state index in [4.69, 9.17) is 9.63 Å². The van der Waals surface area contributed by atoms with Crippen molar-refractivity contribution in [3.63, 3.8) is 0 Å². The number of aliphatic carboxylic acids is 1. The summed E-state index contributed by atoms with van der Waals surface area (Å²) in [6.07, 6.45) is 2.28. The Kier molecular flexibility index (Phi) is 2.87. The van der Waals surface area contributed by atoms with Crippen LogP contribution in [0.15, 0.2) is 10.6 Å².